The lowest BCUT2D eigenvalue weighted by Crippen LogP contribution is -2.22. The van der Waals surface area contributed by atoms with Crippen LogP contribution in [0.1, 0.15) is 25.0 Å². The van der Waals surface area contributed by atoms with Crippen LogP contribution >= 0.6 is 0 Å². The molecule has 0 spiro atoms. The molecule has 0 aliphatic carbocycles. The number of fused-ring (bicyclic) bond motifs is 1. The predicted molar refractivity (Wildman–Crippen MR) is 47.3 cm³/mol. The van der Waals surface area contributed by atoms with Crippen LogP contribution in [-0.4, -0.2) is 21.1 Å². The number of hydrogen-bond donors (Lipinski definition) is 0. The maximum absolute atomic E-state index is 10.6. The van der Waals surface area contributed by atoms with E-state index in [1.807, 2.05) is 11.6 Å². The van der Waals surface area contributed by atoms with Crippen LogP contribution in [0.3, 0.4) is 0 Å². The zero-order valence-corrected chi connectivity index (χ0v) is 7.73. The van der Waals surface area contributed by atoms with Crippen LogP contribution in [0.4, 0.5) is 0 Å². The van der Waals surface area contributed by atoms with Gasteiger partial charge in [0.15, 0.2) is 5.82 Å². The number of hydrogen-bond acceptors (Lipinski definition) is 3. The van der Waals surface area contributed by atoms with E-state index in [-0.39, 0.29) is 5.92 Å². The fraction of sp³-hybridized carbons (Fsp3) is 0.667. The third-order valence-electron chi connectivity index (χ3n) is 2.45. The average Bonchev–Trinajstić information content (AvgIpc) is 2.58. The summed E-state index contributed by atoms with van der Waals surface area (Å²) >= 11 is 0. The Balaban J connectivity index is 2.24. The number of nitrogens with zero attached hydrogens (tertiary/aromatic N) is 3. The molecule has 1 aromatic heterocycles. The molecule has 0 N–H and O–H groups in total. The number of carbonyl (C=O) groups excluding carboxylic acids is 1. The quantitative estimate of drug-likeness (QED) is 0.625. The Labute approximate surface area is 77.0 Å². The van der Waals surface area contributed by atoms with Crippen LogP contribution in [0.15, 0.2) is 0 Å². The third kappa shape index (κ3) is 1.48. The molecule has 2 heterocycles. The first kappa shape index (κ1) is 8.41. The van der Waals surface area contributed by atoms with Crippen LogP contribution < -0.4 is 0 Å². The fourth-order valence-electron chi connectivity index (χ4n) is 1.65. The molecule has 0 aromatic carbocycles. The van der Waals surface area contributed by atoms with Gasteiger partial charge in [-0.15, -0.1) is 0 Å². The van der Waals surface area contributed by atoms with E-state index in [0.29, 0.717) is 6.54 Å². The molecule has 4 heteroatoms. The van der Waals surface area contributed by atoms with Crippen LogP contribution in [0, 0.1) is 5.92 Å². The van der Waals surface area contributed by atoms with Gasteiger partial charge in [-0.05, 0) is 6.42 Å². The van der Waals surface area contributed by atoms with Crippen molar-refractivity contribution in [3.8, 4) is 0 Å². The van der Waals surface area contributed by atoms with Crippen molar-refractivity contribution >= 4 is 6.29 Å². The van der Waals surface area contributed by atoms with Gasteiger partial charge in [0.25, 0.3) is 0 Å². The van der Waals surface area contributed by atoms with Crippen molar-refractivity contribution in [2.45, 2.75) is 32.7 Å². The summed E-state index contributed by atoms with van der Waals surface area (Å²) in [5.41, 5.74) is 0. The molecule has 1 aliphatic heterocycles. The minimum atomic E-state index is 0.138. The Morgan fingerprint density at radius 1 is 1.69 bits per heavy atom. The van der Waals surface area contributed by atoms with Gasteiger partial charge in [-0.3, -0.25) is 0 Å². The molecule has 4 nitrogen and oxygen atoms in total. The predicted octanol–water partition coefficient (Wildman–Crippen LogP) is 0.602. The van der Waals surface area contributed by atoms with Crippen LogP contribution in [0.5, 0.6) is 0 Å². The monoisotopic (exact) mass is 179 g/mol. The van der Waals surface area contributed by atoms with Crippen LogP contribution in [0.25, 0.3) is 0 Å². The molecule has 1 aromatic rings. The highest BCUT2D eigenvalue weighted by Crippen LogP contribution is 2.16. The molecule has 0 bridgehead atoms. The first-order valence-corrected chi connectivity index (χ1v) is 4.71. The van der Waals surface area contributed by atoms with E-state index in [0.717, 1.165) is 37.2 Å². The Morgan fingerprint density at radius 3 is 3.23 bits per heavy atom. The highest BCUT2D eigenvalue weighted by molar-refractivity contribution is 5.53. The zero-order chi connectivity index (χ0) is 9.26. The number of rotatable bonds is 2. The van der Waals surface area contributed by atoms with Gasteiger partial charge in [0.1, 0.15) is 12.1 Å². The molecule has 1 unspecified atom stereocenters. The van der Waals surface area contributed by atoms with Gasteiger partial charge in [-0.1, -0.05) is 6.92 Å². The van der Waals surface area contributed by atoms with Crippen molar-refractivity contribution in [2.75, 3.05) is 0 Å². The first-order chi connectivity index (χ1) is 6.33. The molecule has 0 saturated heterocycles. The summed E-state index contributed by atoms with van der Waals surface area (Å²) < 4.78 is 1.88. The van der Waals surface area contributed by atoms with Crippen molar-refractivity contribution in [3.63, 3.8) is 0 Å². The summed E-state index contributed by atoms with van der Waals surface area (Å²) in [7, 11) is 0. The Bertz CT molecular complexity index is 319. The van der Waals surface area contributed by atoms with Crippen LogP contribution in [-0.2, 0) is 24.2 Å². The summed E-state index contributed by atoms with van der Waals surface area (Å²) in [6.07, 6.45) is 3.70. The Morgan fingerprint density at radius 2 is 2.54 bits per heavy atom. The largest absolute Gasteiger partial charge is 0.303 e. The second-order valence-electron chi connectivity index (χ2n) is 3.41. The van der Waals surface area contributed by atoms with E-state index in [2.05, 4.69) is 10.1 Å². The van der Waals surface area contributed by atoms with E-state index in [1.165, 1.54) is 0 Å². The second-order valence-corrected chi connectivity index (χ2v) is 3.41. The van der Waals surface area contributed by atoms with Crippen molar-refractivity contribution in [1.82, 2.24) is 14.8 Å². The molecule has 0 radical (unpaired) electrons. The van der Waals surface area contributed by atoms with Crippen molar-refractivity contribution in [1.29, 1.82) is 0 Å². The molecule has 0 amide bonds. The zero-order valence-electron chi connectivity index (χ0n) is 7.73. The molecule has 2 rings (SSSR count). The van der Waals surface area contributed by atoms with E-state index in [9.17, 15) is 4.79 Å². The summed E-state index contributed by atoms with van der Waals surface area (Å²) in [5.74, 6) is 2.07. The molecular formula is C9H13N3O. The summed E-state index contributed by atoms with van der Waals surface area (Å²) in [6.45, 7) is 2.75. The van der Waals surface area contributed by atoms with Crippen molar-refractivity contribution < 1.29 is 4.79 Å². The third-order valence-corrected chi connectivity index (χ3v) is 2.45. The minimum Gasteiger partial charge on any atom is -0.303 e. The molecule has 0 fully saturated rings. The molecule has 13 heavy (non-hydrogen) atoms. The molecule has 1 atom stereocenters. The van der Waals surface area contributed by atoms with Gasteiger partial charge < -0.3 is 4.79 Å². The van der Waals surface area contributed by atoms with E-state index in [1.54, 1.807) is 0 Å². The second kappa shape index (κ2) is 3.28. The lowest BCUT2D eigenvalue weighted by molar-refractivity contribution is -0.111. The van der Waals surface area contributed by atoms with Gasteiger partial charge in [-0.25, -0.2) is 9.67 Å². The van der Waals surface area contributed by atoms with Gasteiger partial charge in [0.2, 0.25) is 0 Å². The van der Waals surface area contributed by atoms with Gasteiger partial charge in [0.05, 0.1) is 6.54 Å². The highest BCUT2D eigenvalue weighted by atomic mass is 16.1. The van der Waals surface area contributed by atoms with Crippen molar-refractivity contribution in [2.24, 2.45) is 5.92 Å². The summed E-state index contributed by atoms with van der Waals surface area (Å²) in [6, 6.07) is 0. The normalized spacial score (nSPS) is 21.2. The lowest BCUT2D eigenvalue weighted by atomic mass is 10.0. The topological polar surface area (TPSA) is 47.8 Å². The first-order valence-electron chi connectivity index (χ1n) is 4.71. The number of carbonyl (C=O) groups is 1. The highest BCUT2D eigenvalue weighted by Gasteiger charge is 2.20. The van der Waals surface area contributed by atoms with E-state index < -0.39 is 0 Å². The smallest absolute Gasteiger partial charge is 0.150 e. The standard InChI is InChI=1S/C9H13N3O/c1-2-8-10-9-4-3-7(6-13)5-12(9)11-8/h6-7H,2-5H2,1H3. The molecule has 1 aliphatic rings. The lowest BCUT2D eigenvalue weighted by Gasteiger charge is -2.16. The molecule has 0 saturated carbocycles. The Kier molecular flexibility index (Phi) is 2.12. The number of aldehydes is 1. The van der Waals surface area contributed by atoms with Gasteiger partial charge in [0, 0.05) is 18.8 Å². The van der Waals surface area contributed by atoms with E-state index >= 15 is 0 Å². The minimum absolute atomic E-state index is 0.138. The van der Waals surface area contributed by atoms with E-state index in [4.69, 9.17) is 0 Å². The molecule has 70 valence electrons. The molecular weight excluding hydrogens is 166 g/mol. The maximum atomic E-state index is 10.6. The summed E-state index contributed by atoms with van der Waals surface area (Å²) in [5, 5.41) is 4.31. The van der Waals surface area contributed by atoms with Gasteiger partial charge in [-0.2, -0.15) is 5.10 Å². The number of aromatic nitrogens is 3. The van der Waals surface area contributed by atoms with Crippen LogP contribution in [0.2, 0.25) is 0 Å². The number of aryl methyl sites for hydroxylation is 2. The maximum Gasteiger partial charge on any atom is 0.150 e. The van der Waals surface area contributed by atoms with Crippen molar-refractivity contribution in [3.05, 3.63) is 11.6 Å². The van der Waals surface area contributed by atoms with Gasteiger partial charge >= 0.3 is 0 Å². The summed E-state index contributed by atoms with van der Waals surface area (Å²) in [4.78, 5) is 15.0. The average molecular weight is 179 g/mol. The Hall–Kier alpha value is -1.19. The SMILES string of the molecule is CCc1nc2n(n1)CC(C=O)CC2. The fourth-order valence-corrected chi connectivity index (χ4v) is 1.65.